The van der Waals surface area contributed by atoms with E-state index in [-0.39, 0.29) is 5.70 Å². The van der Waals surface area contributed by atoms with Crippen LogP contribution in [-0.2, 0) is 16.1 Å². The van der Waals surface area contributed by atoms with E-state index in [0.29, 0.717) is 18.3 Å². The molecule has 0 aromatic heterocycles. The van der Waals surface area contributed by atoms with Gasteiger partial charge in [0.25, 0.3) is 0 Å². The fraction of sp³-hybridized carbons (Fsp3) is 0.0370. The summed E-state index contributed by atoms with van der Waals surface area (Å²) in [7, 11) is 0. The zero-order valence-electron chi connectivity index (χ0n) is 17.0. The number of nitrogens with zero attached hydrogens (tertiary/aromatic N) is 1. The minimum Gasteiger partial charge on any atom is -0.489 e. The van der Waals surface area contributed by atoms with Gasteiger partial charge in [-0.3, -0.25) is 0 Å². The van der Waals surface area contributed by atoms with E-state index in [1.54, 1.807) is 6.08 Å². The quantitative estimate of drug-likeness (QED) is 0.239. The second-order valence-corrected chi connectivity index (χ2v) is 8.30. The molecule has 0 radical (unpaired) electrons. The van der Waals surface area contributed by atoms with Gasteiger partial charge >= 0.3 is 5.97 Å². The molecule has 0 bridgehead atoms. The molecule has 1 aliphatic rings. The van der Waals surface area contributed by atoms with Gasteiger partial charge in [-0.25, -0.2) is 9.79 Å². The second kappa shape index (κ2) is 8.81. The molecule has 4 aromatic carbocycles. The van der Waals surface area contributed by atoms with Crippen molar-refractivity contribution >= 4 is 44.6 Å². The van der Waals surface area contributed by atoms with Crippen LogP contribution in [0.1, 0.15) is 16.7 Å². The standard InChI is InChI=1S/C27H18BrNO3/c28-23-9-3-6-19(13-23)17-31-24-10-4-5-18(14-24)15-25-27(30)32-26(29-25)22-12-11-20-7-1-2-8-21(20)16-22/h1-16H,17H2/b25-15-. The van der Waals surface area contributed by atoms with Gasteiger partial charge in [0.05, 0.1) is 0 Å². The van der Waals surface area contributed by atoms with E-state index in [0.717, 1.165) is 31.9 Å². The third kappa shape index (κ3) is 4.48. The van der Waals surface area contributed by atoms with Crippen molar-refractivity contribution < 1.29 is 14.3 Å². The van der Waals surface area contributed by atoms with Crippen LogP contribution in [-0.4, -0.2) is 11.9 Å². The van der Waals surface area contributed by atoms with Crippen LogP contribution in [0.15, 0.2) is 106 Å². The van der Waals surface area contributed by atoms with E-state index in [9.17, 15) is 4.79 Å². The number of esters is 1. The molecule has 0 fully saturated rings. The summed E-state index contributed by atoms with van der Waals surface area (Å²) in [5, 5.41) is 2.19. The van der Waals surface area contributed by atoms with Crippen molar-refractivity contribution in [3.63, 3.8) is 0 Å². The highest BCUT2D eigenvalue weighted by atomic mass is 79.9. The molecule has 5 heteroatoms. The molecular weight excluding hydrogens is 466 g/mol. The van der Waals surface area contributed by atoms with Gasteiger partial charge in [0.2, 0.25) is 5.90 Å². The van der Waals surface area contributed by atoms with Crippen molar-refractivity contribution in [2.24, 2.45) is 4.99 Å². The minimum atomic E-state index is -0.464. The molecule has 0 aliphatic carbocycles. The topological polar surface area (TPSA) is 47.9 Å². The van der Waals surface area contributed by atoms with Crippen molar-refractivity contribution in [2.45, 2.75) is 6.61 Å². The van der Waals surface area contributed by atoms with E-state index in [2.05, 4.69) is 20.9 Å². The first-order valence-corrected chi connectivity index (χ1v) is 10.9. The van der Waals surface area contributed by atoms with Crippen molar-refractivity contribution in [3.05, 3.63) is 118 Å². The first-order valence-electron chi connectivity index (χ1n) is 10.1. The zero-order chi connectivity index (χ0) is 21.9. The lowest BCUT2D eigenvalue weighted by Gasteiger charge is -2.07. The monoisotopic (exact) mass is 483 g/mol. The van der Waals surface area contributed by atoms with E-state index in [1.807, 2.05) is 91.0 Å². The number of carbonyl (C=O) groups is 1. The van der Waals surface area contributed by atoms with E-state index in [1.165, 1.54) is 0 Å². The van der Waals surface area contributed by atoms with Gasteiger partial charge in [0.1, 0.15) is 12.4 Å². The maximum atomic E-state index is 12.4. The summed E-state index contributed by atoms with van der Waals surface area (Å²) >= 11 is 3.47. The number of cyclic esters (lactones) is 1. The lowest BCUT2D eigenvalue weighted by atomic mass is 10.1. The van der Waals surface area contributed by atoms with Crippen LogP contribution in [0.4, 0.5) is 0 Å². The molecule has 0 amide bonds. The molecule has 0 saturated carbocycles. The maximum Gasteiger partial charge on any atom is 0.363 e. The summed E-state index contributed by atoms with van der Waals surface area (Å²) in [4.78, 5) is 16.8. The highest BCUT2D eigenvalue weighted by Gasteiger charge is 2.24. The molecular formula is C27H18BrNO3. The number of halogens is 1. The average Bonchev–Trinajstić information content (AvgIpc) is 3.18. The van der Waals surface area contributed by atoms with Crippen LogP contribution in [0.2, 0.25) is 0 Å². The molecule has 0 unspecified atom stereocenters. The third-order valence-corrected chi connectivity index (χ3v) is 5.57. The van der Waals surface area contributed by atoms with Gasteiger partial charge in [0.15, 0.2) is 5.70 Å². The van der Waals surface area contributed by atoms with Crippen LogP contribution in [0, 0.1) is 0 Å². The maximum absolute atomic E-state index is 12.4. The van der Waals surface area contributed by atoms with Gasteiger partial charge in [-0.2, -0.15) is 0 Å². The summed E-state index contributed by atoms with van der Waals surface area (Å²) in [5.74, 6) is 0.562. The Morgan fingerprint density at radius 3 is 2.59 bits per heavy atom. The highest BCUT2D eigenvalue weighted by molar-refractivity contribution is 9.10. The number of fused-ring (bicyclic) bond motifs is 1. The van der Waals surface area contributed by atoms with E-state index in [4.69, 9.17) is 9.47 Å². The van der Waals surface area contributed by atoms with Crippen molar-refractivity contribution in [1.82, 2.24) is 0 Å². The number of hydrogen-bond donors (Lipinski definition) is 0. The number of ether oxygens (including phenoxy) is 2. The van der Waals surface area contributed by atoms with Crippen molar-refractivity contribution in [1.29, 1.82) is 0 Å². The second-order valence-electron chi connectivity index (χ2n) is 7.39. The molecule has 1 heterocycles. The molecule has 32 heavy (non-hydrogen) atoms. The smallest absolute Gasteiger partial charge is 0.363 e. The minimum absolute atomic E-state index is 0.261. The van der Waals surface area contributed by atoms with Gasteiger partial charge in [-0.1, -0.05) is 70.5 Å². The zero-order valence-corrected chi connectivity index (χ0v) is 18.6. The molecule has 156 valence electrons. The summed E-state index contributed by atoms with van der Waals surface area (Å²) in [6.07, 6.45) is 1.71. The fourth-order valence-electron chi connectivity index (χ4n) is 3.50. The normalized spacial score (nSPS) is 14.5. The summed E-state index contributed by atoms with van der Waals surface area (Å²) in [5.41, 5.74) is 2.91. The molecule has 0 spiro atoms. The van der Waals surface area contributed by atoms with E-state index >= 15 is 0 Å². The van der Waals surface area contributed by atoms with Gasteiger partial charge < -0.3 is 9.47 Å². The number of hydrogen-bond acceptors (Lipinski definition) is 4. The summed E-state index contributed by atoms with van der Waals surface area (Å²) in [6, 6.07) is 29.4. The number of benzene rings is 4. The Morgan fingerprint density at radius 1 is 0.875 bits per heavy atom. The number of rotatable bonds is 5. The Hall–Kier alpha value is -3.70. The Balaban J connectivity index is 1.36. The Kier molecular flexibility index (Phi) is 5.57. The van der Waals surface area contributed by atoms with Crippen LogP contribution in [0.25, 0.3) is 16.8 Å². The van der Waals surface area contributed by atoms with Crippen LogP contribution in [0.3, 0.4) is 0 Å². The lowest BCUT2D eigenvalue weighted by Crippen LogP contribution is -2.05. The summed E-state index contributed by atoms with van der Waals surface area (Å²) < 4.78 is 12.4. The number of aliphatic imine (C=N–C) groups is 1. The van der Waals surface area contributed by atoms with Gasteiger partial charge in [0, 0.05) is 10.0 Å². The first-order chi connectivity index (χ1) is 15.6. The third-order valence-electron chi connectivity index (χ3n) is 5.07. The molecule has 5 rings (SSSR count). The predicted octanol–water partition coefficient (Wildman–Crippen LogP) is 6.53. The van der Waals surface area contributed by atoms with Crippen LogP contribution >= 0.6 is 15.9 Å². The van der Waals surface area contributed by atoms with Crippen molar-refractivity contribution in [3.8, 4) is 5.75 Å². The predicted molar refractivity (Wildman–Crippen MR) is 129 cm³/mol. The molecule has 0 atom stereocenters. The van der Waals surface area contributed by atoms with Gasteiger partial charge in [-0.05, 0) is 64.4 Å². The van der Waals surface area contributed by atoms with Crippen LogP contribution < -0.4 is 4.74 Å². The first kappa shape index (κ1) is 20.2. The largest absolute Gasteiger partial charge is 0.489 e. The summed E-state index contributed by atoms with van der Waals surface area (Å²) in [6.45, 7) is 0.450. The lowest BCUT2D eigenvalue weighted by molar-refractivity contribution is -0.129. The Bertz CT molecular complexity index is 1390. The SMILES string of the molecule is O=C1OC(c2ccc3ccccc3c2)=N/C1=C\c1cccc(OCc2cccc(Br)c2)c1. The van der Waals surface area contributed by atoms with Gasteiger partial charge in [-0.15, -0.1) is 0 Å². The van der Waals surface area contributed by atoms with Crippen LogP contribution in [0.5, 0.6) is 5.75 Å². The fourth-order valence-corrected chi connectivity index (χ4v) is 3.95. The number of carbonyl (C=O) groups excluding carboxylic acids is 1. The average molecular weight is 484 g/mol. The highest BCUT2D eigenvalue weighted by Crippen LogP contribution is 2.24. The molecule has 0 N–H and O–H groups in total. The molecule has 0 saturated heterocycles. The Labute approximate surface area is 194 Å². The molecule has 4 nitrogen and oxygen atoms in total. The molecule has 4 aromatic rings. The molecule has 1 aliphatic heterocycles. The Morgan fingerprint density at radius 2 is 1.72 bits per heavy atom. The van der Waals surface area contributed by atoms with Crippen molar-refractivity contribution in [2.75, 3.05) is 0 Å². The van der Waals surface area contributed by atoms with E-state index < -0.39 is 5.97 Å².